The van der Waals surface area contributed by atoms with Gasteiger partial charge in [0.2, 0.25) is 5.91 Å². The zero-order chi connectivity index (χ0) is 16.0. The Kier molecular flexibility index (Phi) is 6.71. The molecule has 0 aliphatic heterocycles. The molecular weight excluding hydrogens is 289 g/mol. The van der Waals surface area contributed by atoms with Gasteiger partial charge in [-0.1, -0.05) is 18.3 Å². The van der Waals surface area contributed by atoms with Crippen molar-refractivity contribution in [1.29, 1.82) is 0 Å². The summed E-state index contributed by atoms with van der Waals surface area (Å²) in [5.41, 5.74) is 6.60. The van der Waals surface area contributed by atoms with Crippen LogP contribution in [0.2, 0.25) is 0 Å². The highest BCUT2D eigenvalue weighted by molar-refractivity contribution is 7.80. The van der Waals surface area contributed by atoms with Crippen molar-refractivity contribution in [2.24, 2.45) is 5.73 Å². The van der Waals surface area contributed by atoms with Crippen LogP contribution >= 0.6 is 12.2 Å². The second-order valence-corrected chi connectivity index (χ2v) is 5.36. The van der Waals surface area contributed by atoms with Gasteiger partial charge in [0.05, 0.1) is 6.54 Å². The van der Waals surface area contributed by atoms with E-state index in [0.717, 1.165) is 5.56 Å². The predicted octanol–water partition coefficient (Wildman–Crippen LogP) is 1.76. The van der Waals surface area contributed by atoms with Crippen LogP contribution in [0.3, 0.4) is 0 Å². The van der Waals surface area contributed by atoms with Gasteiger partial charge in [0, 0.05) is 25.2 Å². The summed E-state index contributed by atoms with van der Waals surface area (Å²) in [7, 11) is 1.85. The third-order valence-corrected chi connectivity index (χ3v) is 3.49. The van der Waals surface area contributed by atoms with Crippen molar-refractivity contribution in [1.82, 2.24) is 9.80 Å². The standard InChI is InChI=1S/C15H22FN3OS/c1-4-19(5-2)14(20)10-18(3)9-11-6-7-13(16)12(8-11)15(17)21/h6-8H,4-5,9-10H2,1-3H3,(H2,17,21). The first kappa shape index (κ1) is 17.5. The second-order valence-electron chi connectivity index (χ2n) is 4.92. The monoisotopic (exact) mass is 311 g/mol. The fourth-order valence-electron chi connectivity index (χ4n) is 2.13. The number of likely N-dealkylation sites (N-methyl/N-ethyl adjacent to an activating group) is 2. The van der Waals surface area contributed by atoms with Gasteiger partial charge >= 0.3 is 0 Å². The molecule has 4 nitrogen and oxygen atoms in total. The lowest BCUT2D eigenvalue weighted by molar-refractivity contribution is -0.131. The smallest absolute Gasteiger partial charge is 0.236 e. The number of amides is 1. The summed E-state index contributed by atoms with van der Waals surface area (Å²) >= 11 is 4.82. The summed E-state index contributed by atoms with van der Waals surface area (Å²) < 4.78 is 13.5. The summed E-state index contributed by atoms with van der Waals surface area (Å²) in [6.07, 6.45) is 0. The van der Waals surface area contributed by atoms with E-state index in [1.54, 1.807) is 17.0 Å². The zero-order valence-corrected chi connectivity index (χ0v) is 13.5. The summed E-state index contributed by atoms with van der Waals surface area (Å²) in [5, 5.41) is 0. The average molecular weight is 311 g/mol. The highest BCUT2D eigenvalue weighted by atomic mass is 32.1. The van der Waals surface area contributed by atoms with Crippen LogP contribution in [0, 0.1) is 5.82 Å². The van der Waals surface area contributed by atoms with E-state index >= 15 is 0 Å². The summed E-state index contributed by atoms with van der Waals surface area (Å²) in [4.78, 5) is 15.7. The molecule has 1 aromatic carbocycles. The van der Waals surface area contributed by atoms with Gasteiger partial charge in [-0.2, -0.15) is 0 Å². The van der Waals surface area contributed by atoms with Gasteiger partial charge in [-0.25, -0.2) is 4.39 Å². The van der Waals surface area contributed by atoms with E-state index in [9.17, 15) is 9.18 Å². The first-order valence-electron chi connectivity index (χ1n) is 6.93. The molecule has 1 aromatic rings. The number of nitrogens with two attached hydrogens (primary N) is 1. The Bertz CT molecular complexity index is 518. The Morgan fingerprint density at radius 3 is 2.48 bits per heavy atom. The van der Waals surface area contributed by atoms with E-state index in [1.165, 1.54) is 6.07 Å². The molecule has 0 unspecified atom stereocenters. The minimum Gasteiger partial charge on any atom is -0.389 e. The molecule has 1 amide bonds. The van der Waals surface area contributed by atoms with Crippen LogP contribution in [0.5, 0.6) is 0 Å². The predicted molar refractivity (Wildman–Crippen MR) is 86.5 cm³/mol. The Morgan fingerprint density at radius 1 is 1.33 bits per heavy atom. The number of rotatable bonds is 7. The molecule has 1 rings (SSSR count). The minimum atomic E-state index is -0.423. The van der Waals surface area contributed by atoms with Crippen molar-refractivity contribution in [2.75, 3.05) is 26.7 Å². The van der Waals surface area contributed by atoms with Crippen molar-refractivity contribution in [2.45, 2.75) is 20.4 Å². The molecule has 0 heterocycles. The van der Waals surface area contributed by atoms with Crippen LogP contribution in [0.15, 0.2) is 18.2 Å². The van der Waals surface area contributed by atoms with Crippen molar-refractivity contribution in [3.05, 3.63) is 35.1 Å². The first-order valence-corrected chi connectivity index (χ1v) is 7.34. The number of nitrogens with zero attached hydrogens (tertiary/aromatic N) is 2. The van der Waals surface area contributed by atoms with Crippen LogP contribution in [0.4, 0.5) is 4.39 Å². The van der Waals surface area contributed by atoms with E-state index in [1.807, 2.05) is 25.8 Å². The number of hydrogen-bond donors (Lipinski definition) is 1. The molecule has 0 aliphatic carbocycles. The quantitative estimate of drug-likeness (QED) is 0.780. The number of carbonyl (C=O) groups is 1. The highest BCUT2D eigenvalue weighted by Gasteiger charge is 2.13. The second kappa shape index (κ2) is 8.05. The number of halogens is 1. The lowest BCUT2D eigenvalue weighted by Gasteiger charge is -2.23. The maximum absolute atomic E-state index is 13.5. The van der Waals surface area contributed by atoms with Gasteiger partial charge in [0.25, 0.3) is 0 Å². The molecular formula is C15H22FN3OS. The summed E-state index contributed by atoms with van der Waals surface area (Å²) in [5.74, 6) is -0.340. The van der Waals surface area contributed by atoms with E-state index in [4.69, 9.17) is 18.0 Å². The number of carbonyl (C=O) groups excluding carboxylic acids is 1. The zero-order valence-electron chi connectivity index (χ0n) is 12.7. The summed E-state index contributed by atoms with van der Waals surface area (Å²) in [6, 6.07) is 4.66. The molecule has 0 radical (unpaired) electrons. The van der Waals surface area contributed by atoms with Crippen molar-refractivity contribution in [3.8, 4) is 0 Å². The maximum atomic E-state index is 13.5. The van der Waals surface area contributed by atoms with E-state index in [0.29, 0.717) is 26.2 Å². The van der Waals surface area contributed by atoms with Gasteiger partial charge in [-0.05, 0) is 38.6 Å². The average Bonchev–Trinajstić information content (AvgIpc) is 2.41. The van der Waals surface area contributed by atoms with Crippen molar-refractivity contribution >= 4 is 23.1 Å². The third kappa shape index (κ3) is 5.06. The molecule has 6 heteroatoms. The van der Waals surface area contributed by atoms with Gasteiger partial charge in [0.1, 0.15) is 10.8 Å². The fraction of sp³-hybridized carbons (Fsp3) is 0.467. The first-order chi connectivity index (χ1) is 9.88. The Labute approximate surface area is 130 Å². The van der Waals surface area contributed by atoms with Crippen LogP contribution in [0.25, 0.3) is 0 Å². The molecule has 0 aliphatic rings. The Morgan fingerprint density at radius 2 is 1.95 bits per heavy atom. The molecule has 0 spiro atoms. The topological polar surface area (TPSA) is 49.6 Å². The molecule has 0 fully saturated rings. The van der Waals surface area contributed by atoms with Gasteiger partial charge in [0.15, 0.2) is 0 Å². The van der Waals surface area contributed by atoms with Crippen molar-refractivity contribution in [3.63, 3.8) is 0 Å². The van der Waals surface area contributed by atoms with Crippen molar-refractivity contribution < 1.29 is 9.18 Å². The van der Waals surface area contributed by atoms with Crippen LogP contribution in [0.1, 0.15) is 25.0 Å². The van der Waals surface area contributed by atoms with Gasteiger partial charge in [-0.15, -0.1) is 0 Å². The maximum Gasteiger partial charge on any atom is 0.236 e. The SMILES string of the molecule is CCN(CC)C(=O)CN(C)Cc1ccc(F)c(C(N)=S)c1. The Hall–Kier alpha value is -1.53. The molecule has 0 aromatic heterocycles. The largest absolute Gasteiger partial charge is 0.389 e. The highest BCUT2D eigenvalue weighted by Crippen LogP contribution is 2.12. The number of hydrogen-bond acceptors (Lipinski definition) is 3. The number of benzene rings is 1. The fourth-order valence-corrected chi connectivity index (χ4v) is 2.29. The lowest BCUT2D eigenvalue weighted by Crippen LogP contribution is -2.38. The lowest BCUT2D eigenvalue weighted by atomic mass is 10.1. The molecule has 21 heavy (non-hydrogen) atoms. The van der Waals surface area contributed by atoms with E-state index in [2.05, 4.69) is 0 Å². The van der Waals surface area contributed by atoms with E-state index < -0.39 is 5.82 Å². The molecule has 116 valence electrons. The molecule has 0 saturated carbocycles. The molecule has 0 bridgehead atoms. The van der Waals surface area contributed by atoms with Gasteiger partial charge < -0.3 is 10.6 Å². The third-order valence-electron chi connectivity index (χ3n) is 3.27. The molecule has 0 saturated heterocycles. The molecule has 0 atom stereocenters. The minimum absolute atomic E-state index is 0.0382. The van der Waals surface area contributed by atoms with Crippen LogP contribution in [-0.4, -0.2) is 47.4 Å². The van der Waals surface area contributed by atoms with Crippen LogP contribution < -0.4 is 5.73 Å². The van der Waals surface area contributed by atoms with Gasteiger partial charge in [-0.3, -0.25) is 9.69 Å². The summed E-state index contributed by atoms with van der Waals surface area (Å²) in [6.45, 7) is 6.16. The normalized spacial score (nSPS) is 10.7. The Balaban J connectivity index is 2.71. The molecule has 2 N–H and O–H groups in total. The van der Waals surface area contributed by atoms with E-state index in [-0.39, 0.29) is 16.5 Å². The number of thiocarbonyl (C=S) groups is 1. The van der Waals surface area contributed by atoms with Crippen LogP contribution in [-0.2, 0) is 11.3 Å².